The highest BCUT2D eigenvalue weighted by atomic mass is 16.6. The molecule has 232 valence electrons. The maximum Gasteiger partial charge on any atom is 0.308 e. The van der Waals surface area contributed by atoms with Crippen LogP contribution in [0.5, 0.6) is 0 Å². The lowest BCUT2D eigenvalue weighted by atomic mass is 9.63. The Bertz CT molecular complexity index is 1160. The van der Waals surface area contributed by atoms with Crippen LogP contribution in [0.1, 0.15) is 77.2 Å². The molecular formula is C31H44N2O9. The molecule has 0 aliphatic heterocycles. The zero-order chi connectivity index (χ0) is 30.8. The minimum absolute atomic E-state index is 0.0142. The molecule has 2 N–H and O–H groups in total. The highest BCUT2D eigenvalue weighted by Gasteiger charge is 2.46. The van der Waals surface area contributed by atoms with Gasteiger partial charge in [0.1, 0.15) is 12.7 Å². The second-order valence-electron chi connectivity index (χ2n) is 11.3. The lowest BCUT2D eigenvalue weighted by Gasteiger charge is -2.43. The van der Waals surface area contributed by atoms with E-state index in [-0.39, 0.29) is 67.9 Å². The van der Waals surface area contributed by atoms with Gasteiger partial charge in [-0.15, -0.1) is 0 Å². The summed E-state index contributed by atoms with van der Waals surface area (Å²) in [7, 11) is 0. The van der Waals surface area contributed by atoms with Gasteiger partial charge in [0, 0.05) is 17.9 Å². The van der Waals surface area contributed by atoms with Crippen LogP contribution >= 0.6 is 0 Å². The number of hydrogen-bond acceptors (Lipinski definition) is 11. The van der Waals surface area contributed by atoms with Crippen molar-refractivity contribution in [3.8, 4) is 0 Å². The van der Waals surface area contributed by atoms with Crippen molar-refractivity contribution in [2.75, 3.05) is 6.61 Å². The zero-order valence-corrected chi connectivity index (χ0v) is 25.0. The molecule has 0 aromatic carbocycles. The summed E-state index contributed by atoms with van der Waals surface area (Å²) in [5, 5.41) is 29.2. The smallest absolute Gasteiger partial charge is 0.308 e. The minimum atomic E-state index is -1.07. The van der Waals surface area contributed by atoms with E-state index >= 15 is 0 Å². The van der Waals surface area contributed by atoms with E-state index in [9.17, 15) is 24.6 Å². The first-order valence-corrected chi connectivity index (χ1v) is 14.7. The topological polar surface area (TPSA) is 158 Å². The quantitative estimate of drug-likeness (QED) is 0.174. The van der Waals surface area contributed by atoms with Crippen molar-refractivity contribution in [2.45, 2.75) is 97.6 Å². The van der Waals surface area contributed by atoms with Gasteiger partial charge < -0.3 is 29.0 Å². The number of ketones is 1. The number of aliphatic hydroxyl groups is 2. The fraction of sp³-hybridized carbons (Fsp3) is 0.645. The van der Waals surface area contributed by atoms with Crippen LogP contribution < -0.4 is 0 Å². The Morgan fingerprint density at radius 1 is 1.31 bits per heavy atom. The maximum absolute atomic E-state index is 13.2. The molecule has 0 spiro atoms. The van der Waals surface area contributed by atoms with Crippen molar-refractivity contribution >= 4 is 23.4 Å². The van der Waals surface area contributed by atoms with E-state index in [1.807, 2.05) is 20.8 Å². The van der Waals surface area contributed by atoms with Crippen LogP contribution in [0.15, 0.2) is 40.0 Å². The van der Waals surface area contributed by atoms with E-state index in [4.69, 9.17) is 18.8 Å². The molecule has 1 saturated carbocycles. The molecule has 11 nitrogen and oxygen atoms in total. The number of nitrogens with zero attached hydrogens (tertiary/aromatic N) is 2. The summed E-state index contributed by atoms with van der Waals surface area (Å²) in [6.07, 6.45) is 2.68. The van der Waals surface area contributed by atoms with Gasteiger partial charge in [-0.25, -0.2) is 0 Å². The number of carbonyl (C=O) groups excluding carboxylic acids is 3. The Labute approximate surface area is 246 Å². The average molecular weight is 589 g/mol. The second kappa shape index (κ2) is 15.8. The maximum atomic E-state index is 13.2. The van der Waals surface area contributed by atoms with E-state index < -0.39 is 24.3 Å². The number of hydrogen-bond donors (Lipinski definition) is 2. The Morgan fingerprint density at radius 2 is 2.07 bits per heavy atom. The third-order valence-electron chi connectivity index (χ3n) is 8.09. The number of carbonyl (C=O) groups is 3. The number of aliphatic hydroxyl groups excluding tert-OH is 2. The summed E-state index contributed by atoms with van der Waals surface area (Å²) in [6, 6.07) is 1.75. The van der Waals surface area contributed by atoms with Crippen LogP contribution in [-0.2, 0) is 35.3 Å². The summed E-state index contributed by atoms with van der Waals surface area (Å²) in [5.41, 5.74) is 2.03. The molecule has 1 aromatic heterocycles. The molecule has 2 aliphatic carbocycles. The van der Waals surface area contributed by atoms with E-state index in [1.165, 1.54) is 6.08 Å². The monoisotopic (exact) mass is 588 g/mol. The van der Waals surface area contributed by atoms with Gasteiger partial charge >= 0.3 is 11.9 Å². The van der Waals surface area contributed by atoms with Gasteiger partial charge in [-0.3, -0.25) is 14.4 Å². The molecule has 42 heavy (non-hydrogen) atoms. The third kappa shape index (κ3) is 9.09. The fourth-order valence-electron chi connectivity index (χ4n) is 5.54. The fourth-order valence-corrected chi connectivity index (χ4v) is 5.54. The summed E-state index contributed by atoms with van der Waals surface area (Å²) in [5.74, 6) is -1.62. The van der Waals surface area contributed by atoms with Gasteiger partial charge in [0.2, 0.25) is 0 Å². The normalized spacial score (nSPS) is 25.1. The molecule has 0 saturated heterocycles. The van der Waals surface area contributed by atoms with E-state index in [0.717, 1.165) is 5.69 Å². The number of aromatic nitrogens is 1. The molecule has 0 bridgehead atoms. The number of rotatable bonds is 15. The minimum Gasteiger partial charge on any atom is -0.461 e. The van der Waals surface area contributed by atoms with Gasteiger partial charge in [-0.05, 0) is 63.0 Å². The number of fused-ring (bicyclic) bond motifs is 1. The Kier molecular flexibility index (Phi) is 12.5. The molecule has 11 heteroatoms. The highest BCUT2D eigenvalue weighted by Crippen LogP contribution is 2.45. The Balaban J connectivity index is 1.76. The predicted molar refractivity (Wildman–Crippen MR) is 153 cm³/mol. The SMILES string of the molecule is C=CCOC(=O)CC(O)CC(O)CCC1C(C)C(=O)C=C2/C(=N/OCc3cc(C)no3)CCC(OC(=O)C(C)CC)C21. The standard InChI is InChI=1S/C31H44N2O9/c1-6-12-39-29(37)15-22(35)14-21(34)8-9-24-20(5)27(36)16-25-26(33-40-17-23-13-19(4)32-42-23)10-11-28(30(24)25)41-31(38)18(3)7-2/h6,13,16,18,20-22,24,28,30,34-35H,1,7-12,14-15,17H2,2-5H3/b33-26+. The van der Waals surface area contributed by atoms with Gasteiger partial charge in [0.25, 0.3) is 0 Å². The Hall–Kier alpha value is -3.31. The first kappa shape index (κ1) is 33.2. The number of aryl methyl sites for hydroxylation is 1. The predicted octanol–water partition coefficient (Wildman–Crippen LogP) is 4.00. The van der Waals surface area contributed by atoms with Crippen molar-refractivity contribution in [1.29, 1.82) is 0 Å². The summed E-state index contributed by atoms with van der Waals surface area (Å²) in [4.78, 5) is 43.3. The first-order valence-electron chi connectivity index (χ1n) is 14.7. The average Bonchev–Trinajstić information content (AvgIpc) is 3.37. The lowest BCUT2D eigenvalue weighted by Crippen LogP contribution is -2.46. The van der Waals surface area contributed by atoms with Crippen molar-refractivity contribution in [2.24, 2.45) is 28.8 Å². The number of allylic oxidation sites excluding steroid dienone is 1. The van der Waals surface area contributed by atoms with Crippen LogP contribution in [0.2, 0.25) is 0 Å². The summed E-state index contributed by atoms with van der Waals surface area (Å²) >= 11 is 0. The van der Waals surface area contributed by atoms with Crippen LogP contribution in [0, 0.1) is 30.6 Å². The number of esters is 2. The Morgan fingerprint density at radius 3 is 2.74 bits per heavy atom. The number of ether oxygens (including phenoxy) is 2. The number of oxime groups is 1. The lowest BCUT2D eigenvalue weighted by molar-refractivity contribution is -0.158. The molecule has 7 atom stereocenters. The molecule has 7 unspecified atom stereocenters. The van der Waals surface area contributed by atoms with Gasteiger partial charge in [-0.2, -0.15) is 0 Å². The molecule has 0 amide bonds. The van der Waals surface area contributed by atoms with Gasteiger partial charge in [0.15, 0.2) is 18.2 Å². The van der Waals surface area contributed by atoms with Crippen LogP contribution in [0.3, 0.4) is 0 Å². The van der Waals surface area contributed by atoms with Crippen molar-refractivity contribution in [3.05, 3.63) is 41.8 Å². The summed E-state index contributed by atoms with van der Waals surface area (Å²) < 4.78 is 16.1. The second-order valence-corrected chi connectivity index (χ2v) is 11.3. The molecule has 1 aromatic rings. The van der Waals surface area contributed by atoms with E-state index in [2.05, 4.69) is 16.9 Å². The van der Waals surface area contributed by atoms with E-state index in [0.29, 0.717) is 42.7 Å². The summed E-state index contributed by atoms with van der Waals surface area (Å²) in [6.45, 7) is 11.0. The highest BCUT2D eigenvalue weighted by molar-refractivity contribution is 6.08. The van der Waals surface area contributed by atoms with Crippen LogP contribution in [-0.4, -0.2) is 63.7 Å². The molecule has 3 rings (SSSR count). The largest absolute Gasteiger partial charge is 0.461 e. The van der Waals surface area contributed by atoms with Crippen molar-refractivity contribution in [3.63, 3.8) is 0 Å². The molecule has 1 heterocycles. The van der Waals surface area contributed by atoms with Gasteiger partial charge in [0.05, 0.1) is 36.0 Å². The van der Waals surface area contributed by atoms with Crippen molar-refractivity contribution < 1.29 is 43.4 Å². The zero-order valence-electron chi connectivity index (χ0n) is 25.0. The van der Waals surface area contributed by atoms with Crippen LogP contribution in [0.4, 0.5) is 0 Å². The molecule has 1 fully saturated rings. The molecule has 2 aliphatic rings. The molecular weight excluding hydrogens is 544 g/mol. The third-order valence-corrected chi connectivity index (χ3v) is 8.09. The van der Waals surface area contributed by atoms with Crippen LogP contribution in [0.25, 0.3) is 0 Å². The molecule has 0 radical (unpaired) electrons. The van der Waals surface area contributed by atoms with Crippen molar-refractivity contribution in [1.82, 2.24) is 5.16 Å². The first-order chi connectivity index (χ1) is 20.0. The van der Waals surface area contributed by atoms with Gasteiger partial charge in [-0.1, -0.05) is 43.7 Å². The van der Waals surface area contributed by atoms with E-state index in [1.54, 1.807) is 19.1 Å².